The topological polar surface area (TPSA) is 46.2 Å². The first-order chi connectivity index (χ1) is 5.66. The maximum absolute atomic E-state index is 9.45. The van der Waals surface area contributed by atoms with Gasteiger partial charge in [0.05, 0.1) is 6.10 Å². The molecule has 12 heavy (non-hydrogen) atoms. The molecule has 1 fully saturated rings. The lowest BCUT2D eigenvalue weighted by Gasteiger charge is -2.35. The number of nitrogens with two attached hydrogens (primary N) is 1. The molecule has 2 heteroatoms. The minimum Gasteiger partial charge on any atom is -0.392 e. The minimum atomic E-state index is -0.284. The number of hydrogen-bond donors (Lipinski definition) is 2. The number of hydrogen-bond acceptors (Lipinski definition) is 2. The average Bonchev–Trinajstić information content (AvgIpc) is 2.05. The fourth-order valence-corrected chi connectivity index (χ4v) is 2.26. The summed E-state index contributed by atoms with van der Waals surface area (Å²) in [5.41, 5.74) is 5.77. The monoisotopic (exact) mass is 171 g/mol. The van der Waals surface area contributed by atoms with Crippen LogP contribution < -0.4 is 5.73 Å². The smallest absolute Gasteiger partial charge is 0.0667 e. The summed E-state index contributed by atoms with van der Waals surface area (Å²) in [6.45, 7) is 2.70. The van der Waals surface area contributed by atoms with Gasteiger partial charge >= 0.3 is 0 Å². The summed E-state index contributed by atoms with van der Waals surface area (Å²) in [5.74, 6) is 0. The second-order valence-electron chi connectivity index (χ2n) is 4.46. The first kappa shape index (κ1) is 10.0. The van der Waals surface area contributed by atoms with E-state index in [1.54, 1.807) is 0 Å². The van der Waals surface area contributed by atoms with Gasteiger partial charge in [-0.3, -0.25) is 0 Å². The van der Waals surface area contributed by atoms with E-state index in [-0.39, 0.29) is 6.10 Å². The molecule has 0 amide bonds. The summed E-state index contributed by atoms with van der Waals surface area (Å²) in [5, 5.41) is 9.45. The van der Waals surface area contributed by atoms with Crippen LogP contribution in [0.2, 0.25) is 0 Å². The van der Waals surface area contributed by atoms with Crippen molar-refractivity contribution in [3.05, 3.63) is 0 Å². The van der Waals surface area contributed by atoms with Gasteiger partial charge in [0.2, 0.25) is 0 Å². The van der Waals surface area contributed by atoms with Crippen molar-refractivity contribution in [3.63, 3.8) is 0 Å². The van der Waals surface area contributed by atoms with Crippen molar-refractivity contribution in [3.8, 4) is 0 Å². The molecular formula is C10H21NO. The minimum absolute atomic E-state index is 0.284. The molecule has 0 aromatic heterocycles. The van der Waals surface area contributed by atoms with Crippen LogP contribution >= 0.6 is 0 Å². The number of aliphatic hydroxyl groups is 1. The summed E-state index contributed by atoms with van der Waals surface area (Å²) in [6, 6.07) is 0. The van der Waals surface area contributed by atoms with Crippen molar-refractivity contribution >= 4 is 0 Å². The molecule has 2 nitrogen and oxygen atoms in total. The van der Waals surface area contributed by atoms with E-state index in [2.05, 4.69) is 6.92 Å². The van der Waals surface area contributed by atoms with Crippen molar-refractivity contribution in [1.82, 2.24) is 0 Å². The van der Waals surface area contributed by atoms with E-state index in [9.17, 15) is 5.11 Å². The van der Waals surface area contributed by atoms with Gasteiger partial charge in [0, 0.05) is 6.54 Å². The quantitative estimate of drug-likeness (QED) is 0.678. The van der Waals surface area contributed by atoms with E-state index >= 15 is 0 Å². The highest BCUT2D eigenvalue weighted by atomic mass is 16.3. The van der Waals surface area contributed by atoms with Crippen LogP contribution in [0.25, 0.3) is 0 Å². The lowest BCUT2D eigenvalue weighted by molar-refractivity contribution is 0.0867. The lowest BCUT2D eigenvalue weighted by atomic mass is 9.72. The Morgan fingerprint density at radius 1 is 1.33 bits per heavy atom. The Labute approximate surface area is 75.2 Å². The Kier molecular flexibility index (Phi) is 3.53. The fourth-order valence-electron chi connectivity index (χ4n) is 2.26. The summed E-state index contributed by atoms with van der Waals surface area (Å²) in [6.07, 6.45) is 7.17. The second-order valence-corrected chi connectivity index (χ2v) is 4.46. The van der Waals surface area contributed by atoms with Gasteiger partial charge in [-0.15, -0.1) is 0 Å². The zero-order chi connectivity index (χ0) is 9.03. The molecule has 1 atom stereocenters. The summed E-state index contributed by atoms with van der Waals surface area (Å²) in [7, 11) is 0. The van der Waals surface area contributed by atoms with Crippen molar-refractivity contribution < 1.29 is 5.11 Å². The molecule has 0 saturated heterocycles. The first-order valence-electron chi connectivity index (χ1n) is 5.04. The number of aliphatic hydroxyl groups excluding tert-OH is 1. The van der Waals surface area contributed by atoms with Gasteiger partial charge in [0.25, 0.3) is 0 Å². The standard InChI is InChI=1S/C10H21NO/c1-10(7-9(12)8-11)5-3-2-4-6-10/h9,12H,2-8,11H2,1H3. The Bertz CT molecular complexity index is 130. The normalized spacial score (nSPS) is 25.2. The molecule has 0 spiro atoms. The van der Waals surface area contributed by atoms with Gasteiger partial charge in [-0.05, 0) is 24.7 Å². The van der Waals surface area contributed by atoms with E-state index in [0.717, 1.165) is 6.42 Å². The predicted molar refractivity (Wildman–Crippen MR) is 50.9 cm³/mol. The van der Waals surface area contributed by atoms with Gasteiger partial charge in [-0.2, -0.15) is 0 Å². The molecule has 1 unspecified atom stereocenters. The SMILES string of the molecule is CC1(CC(O)CN)CCCCC1. The van der Waals surface area contributed by atoms with E-state index in [4.69, 9.17) is 5.73 Å². The molecule has 1 aliphatic rings. The number of rotatable bonds is 3. The molecule has 3 N–H and O–H groups in total. The molecule has 0 bridgehead atoms. The molecular weight excluding hydrogens is 150 g/mol. The van der Waals surface area contributed by atoms with Gasteiger partial charge in [0.1, 0.15) is 0 Å². The van der Waals surface area contributed by atoms with Crippen LogP contribution in [0.15, 0.2) is 0 Å². The molecule has 0 heterocycles. The third-order valence-electron chi connectivity index (χ3n) is 3.06. The Balaban J connectivity index is 2.35. The second kappa shape index (κ2) is 4.24. The van der Waals surface area contributed by atoms with E-state index in [1.807, 2.05) is 0 Å². The lowest BCUT2D eigenvalue weighted by Crippen LogP contribution is -2.30. The van der Waals surface area contributed by atoms with Crippen LogP contribution in [0.5, 0.6) is 0 Å². The highest BCUT2D eigenvalue weighted by Crippen LogP contribution is 2.39. The van der Waals surface area contributed by atoms with Gasteiger partial charge in [0.15, 0.2) is 0 Å². The van der Waals surface area contributed by atoms with Gasteiger partial charge in [-0.25, -0.2) is 0 Å². The Morgan fingerprint density at radius 3 is 2.42 bits per heavy atom. The first-order valence-corrected chi connectivity index (χ1v) is 5.04. The summed E-state index contributed by atoms with van der Waals surface area (Å²) >= 11 is 0. The van der Waals surface area contributed by atoms with Crippen molar-refractivity contribution in [2.75, 3.05) is 6.54 Å². The van der Waals surface area contributed by atoms with E-state index < -0.39 is 0 Å². The molecule has 1 aliphatic carbocycles. The van der Waals surface area contributed by atoms with Crippen LogP contribution in [-0.2, 0) is 0 Å². The molecule has 0 radical (unpaired) electrons. The van der Waals surface area contributed by atoms with Crippen LogP contribution in [0.3, 0.4) is 0 Å². The summed E-state index contributed by atoms with van der Waals surface area (Å²) < 4.78 is 0. The Hall–Kier alpha value is -0.0800. The largest absolute Gasteiger partial charge is 0.392 e. The zero-order valence-electron chi connectivity index (χ0n) is 8.05. The van der Waals surface area contributed by atoms with Gasteiger partial charge < -0.3 is 10.8 Å². The van der Waals surface area contributed by atoms with Crippen LogP contribution in [0, 0.1) is 5.41 Å². The van der Waals surface area contributed by atoms with Gasteiger partial charge in [-0.1, -0.05) is 26.2 Å². The average molecular weight is 171 g/mol. The van der Waals surface area contributed by atoms with E-state index in [0.29, 0.717) is 12.0 Å². The highest BCUT2D eigenvalue weighted by Gasteiger charge is 2.28. The third-order valence-corrected chi connectivity index (χ3v) is 3.06. The van der Waals surface area contributed by atoms with E-state index in [1.165, 1.54) is 32.1 Å². The molecule has 0 aromatic carbocycles. The molecule has 0 aliphatic heterocycles. The van der Waals surface area contributed by atoms with Crippen LogP contribution in [0.4, 0.5) is 0 Å². The van der Waals surface area contributed by atoms with Crippen LogP contribution in [0.1, 0.15) is 45.4 Å². The maximum Gasteiger partial charge on any atom is 0.0667 e. The van der Waals surface area contributed by atoms with Crippen molar-refractivity contribution in [2.24, 2.45) is 11.1 Å². The fraction of sp³-hybridized carbons (Fsp3) is 1.00. The summed E-state index contributed by atoms with van der Waals surface area (Å²) in [4.78, 5) is 0. The Morgan fingerprint density at radius 2 is 1.92 bits per heavy atom. The van der Waals surface area contributed by atoms with Crippen LogP contribution in [-0.4, -0.2) is 17.8 Å². The van der Waals surface area contributed by atoms with Crippen molar-refractivity contribution in [2.45, 2.75) is 51.6 Å². The predicted octanol–water partition coefficient (Wildman–Crippen LogP) is 1.67. The molecule has 0 aromatic rings. The molecule has 1 saturated carbocycles. The maximum atomic E-state index is 9.45. The highest BCUT2D eigenvalue weighted by molar-refractivity contribution is 4.81. The third kappa shape index (κ3) is 2.76. The van der Waals surface area contributed by atoms with Crippen molar-refractivity contribution in [1.29, 1.82) is 0 Å². The molecule has 72 valence electrons. The zero-order valence-corrected chi connectivity index (χ0v) is 8.05. The molecule has 1 rings (SSSR count).